The molecule has 0 spiro atoms. The molecule has 0 aliphatic heterocycles. The number of aliphatic hydroxyl groups excluding tert-OH is 2. The summed E-state index contributed by atoms with van der Waals surface area (Å²) in [5, 5.41) is 42.4. The minimum absolute atomic E-state index is 0.00880. The number of nitro groups is 2. The van der Waals surface area contributed by atoms with Crippen LogP contribution in [0.25, 0.3) is 11.0 Å². The van der Waals surface area contributed by atoms with Crippen LogP contribution in [0, 0.1) is 20.2 Å². The van der Waals surface area contributed by atoms with Gasteiger partial charge in [-0.3, -0.25) is 44.7 Å². The van der Waals surface area contributed by atoms with Gasteiger partial charge >= 0.3 is 17.1 Å². The summed E-state index contributed by atoms with van der Waals surface area (Å²) in [7, 11) is 1.38. The molecule has 0 amide bonds. The fourth-order valence-corrected chi connectivity index (χ4v) is 4.54. The molecule has 58 heavy (non-hydrogen) atoms. The Kier molecular flexibility index (Phi) is 19.4. The zero-order valence-electron chi connectivity index (χ0n) is 32.9. The fraction of sp³-hybridized carbons (Fsp3) is 0.447. The number of methoxy groups -OCH3 is 1. The average Bonchev–Trinajstić information content (AvgIpc) is 3.98. The lowest BCUT2D eigenvalue weighted by molar-refractivity contribution is -0.386. The van der Waals surface area contributed by atoms with Crippen LogP contribution >= 0.6 is 0 Å². The van der Waals surface area contributed by atoms with Crippen molar-refractivity contribution < 1.29 is 24.8 Å². The van der Waals surface area contributed by atoms with Gasteiger partial charge in [-0.1, -0.05) is 0 Å². The van der Waals surface area contributed by atoms with E-state index in [1.165, 1.54) is 51.3 Å². The molecule has 4 aliphatic carbocycles. The summed E-state index contributed by atoms with van der Waals surface area (Å²) in [6.45, 7) is 3.86. The van der Waals surface area contributed by atoms with Gasteiger partial charge in [-0.15, -0.1) is 0 Å². The van der Waals surface area contributed by atoms with Crippen molar-refractivity contribution in [2.75, 3.05) is 36.7 Å². The maximum absolute atomic E-state index is 11.5. The topological polar surface area (TPSA) is 301 Å². The lowest BCUT2D eigenvalue weighted by Gasteiger charge is -2.05. The predicted molar refractivity (Wildman–Crippen MR) is 222 cm³/mol. The smallest absolute Gasteiger partial charge is 0.328 e. The van der Waals surface area contributed by atoms with Gasteiger partial charge in [-0.2, -0.15) is 0 Å². The van der Waals surface area contributed by atoms with E-state index in [1.54, 1.807) is 50.9 Å². The van der Waals surface area contributed by atoms with E-state index in [2.05, 4.69) is 35.6 Å². The number of aliphatic hydroxyl groups is 2. The van der Waals surface area contributed by atoms with Crippen molar-refractivity contribution in [3.8, 4) is 5.75 Å². The van der Waals surface area contributed by atoms with E-state index in [4.69, 9.17) is 26.4 Å². The summed E-state index contributed by atoms with van der Waals surface area (Å²) in [6.07, 6.45) is 21.7. The Labute approximate surface area is 335 Å². The summed E-state index contributed by atoms with van der Waals surface area (Å²) in [4.78, 5) is 49.3. The molecule has 5 aromatic rings. The SMILES string of the molecule is CCO.CCO.COc1ccncc1[N+](=O)[O-].NC1CC1.Nc1cnccc1NC1CC1.O=[N+]([O-])c1cnccc1NC1CC1.O=c1[nH]c2cnccc2n1C1CC1. The highest BCUT2D eigenvalue weighted by Gasteiger charge is 2.27. The predicted octanol–water partition coefficient (Wildman–Crippen LogP) is 4.96. The Morgan fingerprint density at radius 2 is 1.24 bits per heavy atom. The highest BCUT2D eigenvalue weighted by atomic mass is 16.6. The van der Waals surface area contributed by atoms with Gasteiger partial charge in [0.15, 0.2) is 5.75 Å². The van der Waals surface area contributed by atoms with Crippen LogP contribution in [-0.4, -0.2) is 88.0 Å². The second-order valence-corrected chi connectivity index (χ2v) is 13.1. The lowest BCUT2D eigenvalue weighted by atomic mass is 10.3. The highest BCUT2D eigenvalue weighted by molar-refractivity contribution is 5.74. The molecular formula is C38H54N12O8. The van der Waals surface area contributed by atoms with Gasteiger partial charge in [0.1, 0.15) is 18.1 Å². The number of pyridine rings is 4. The number of anilines is 3. The normalized spacial score (nSPS) is 14.4. The molecule has 0 bridgehead atoms. The van der Waals surface area contributed by atoms with Gasteiger partial charge < -0.3 is 42.0 Å². The summed E-state index contributed by atoms with van der Waals surface area (Å²) < 4.78 is 6.56. The van der Waals surface area contributed by atoms with Crippen LogP contribution in [0.2, 0.25) is 0 Å². The Hall–Kier alpha value is -6.25. The molecular weight excluding hydrogens is 752 g/mol. The third-order valence-corrected chi connectivity index (χ3v) is 7.95. The van der Waals surface area contributed by atoms with Crippen molar-refractivity contribution in [2.24, 2.45) is 5.73 Å². The highest BCUT2D eigenvalue weighted by Crippen LogP contribution is 2.35. The number of nitrogens with two attached hydrogens (primary N) is 2. The van der Waals surface area contributed by atoms with Crippen LogP contribution < -0.4 is 32.5 Å². The molecule has 9 N–H and O–H groups in total. The van der Waals surface area contributed by atoms with Crippen molar-refractivity contribution >= 4 is 39.5 Å². The number of imidazole rings is 1. The minimum Gasteiger partial charge on any atom is -0.490 e. The Morgan fingerprint density at radius 1 is 0.776 bits per heavy atom. The van der Waals surface area contributed by atoms with Gasteiger partial charge in [0.25, 0.3) is 0 Å². The maximum Gasteiger partial charge on any atom is 0.328 e. The first kappa shape index (κ1) is 46.1. The Morgan fingerprint density at radius 3 is 1.71 bits per heavy atom. The van der Waals surface area contributed by atoms with Gasteiger partial charge in [0.2, 0.25) is 0 Å². The number of nitrogens with one attached hydrogen (secondary N) is 3. The number of aromatic nitrogens is 6. The first-order valence-electron chi connectivity index (χ1n) is 18.9. The van der Waals surface area contributed by atoms with E-state index in [0.29, 0.717) is 29.9 Å². The second-order valence-electron chi connectivity index (χ2n) is 13.1. The molecule has 0 atom stereocenters. The first-order valence-corrected chi connectivity index (χ1v) is 18.9. The molecule has 5 aromatic heterocycles. The van der Waals surface area contributed by atoms with Crippen molar-refractivity contribution in [1.82, 2.24) is 29.5 Å². The van der Waals surface area contributed by atoms with Crippen molar-refractivity contribution in [3.63, 3.8) is 0 Å². The van der Waals surface area contributed by atoms with Crippen LogP contribution in [0.1, 0.15) is 71.3 Å². The molecule has 0 radical (unpaired) electrons. The first-order chi connectivity index (χ1) is 28.0. The molecule has 20 nitrogen and oxygen atoms in total. The summed E-state index contributed by atoms with van der Waals surface area (Å²) in [5.41, 5.74) is 15.0. The number of nitrogens with zero attached hydrogens (tertiary/aromatic N) is 7. The molecule has 4 fully saturated rings. The number of hydrogen-bond donors (Lipinski definition) is 7. The zero-order valence-corrected chi connectivity index (χ0v) is 32.9. The fourth-order valence-electron chi connectivity index (χ4n) is 4.54. The number of hydrogen-bond acceptors (Lipinski definition) is 16. The van der Waals surface area contributed by atoms with E-state index >= 15 is 0 Å². The second kappa shape index (κ2) is 24.4. The third-order valence-electron chi connectivity index (χ3n) is 7.95. The number of ether oxygens (including phenoxy) is 1. The van der Waals surface area contributed by atoms with Crippen LogP contribution in [0.5, 0.6) is 5.75 Å². The number of H-pyrrole nitrogens is 1. The molecule has 0 aromatic carbocycles. The third kappa shape index (κ3) is 16.9. The summed E-state index contributed by atoms with van der Waals surface area (Å²) >= 11 is 0. The molecule has 4 aliphatic rings. The van der Waals surface area contributed by atoms with Gasteiger partial charge in [-0.25, -0.2) is 4.79 Å². The standard InChI is InChI=1S/C9H9N3O.C8H9N3O2.C8H11N3.C6H6N2O3.C3H7N.2C2H6O/c13-9-11-7-5-10-4-3-8(7)12(9)6-1-2-6;12-11(13)8-5-9-4-3-7(8)10-6-1-2-6;9-7-5-10-4-3-8(7)11-6-1-2-6;1-11-6-2-3-7-4-5(6)8(9)10;4-3-1-2-3;2*1-2-3/h3-6H,1-2H2,(H,11,13);3-6H,1-2H2,(H,9,10);3-6H,1-2,9H2,(H,10,11);2-4H,1H3;3H,1-2,4H2;2*3H,2H2,1H3. The van der Waals surface area contributed by atoms with E-state index in [9.17, 15) is 25.0 Å². The molecule has 20 heteroatoms. The van der Waals surface area contributed by atoms with Crippen LogP contribution in [0.15, 0.2) is 78.6 Å². The Bertz CT molecular complexity index is 2050. The molecule has 4 saturated carbocycles. The number of aromatic amines is 1. The van der Waals surface area contributed by atoms with E-state index in [0.717, 1.165) is 54.3 Å². The van der Waals surface area contributed by atoms with Crippen molar-refractivity contribution in [2.45, 2.75) is 89.4 Å². The van der Waals surface area contributed by atoms with Gasteiger partial charge in [0, 0.05) is 68.2 Å². The van der Waals surface area contributed by atoms with E-state index in [-0.39, 0.29) is 36.0 Å². The van der Waals surface area contributed by atoms with Gasteiger partial charge in [-0.05, 0) is 83.4 Å². The largest absolute Gasteiger partial charge is 0.490 e. The van der Waals surface area contributed by atoms with Crippen LogP contribution in [-0.2, 0) is 0 Å². The number of rotatable bonds is 8. The lowest BCUT2D eigenvalue weighted by Crippen LogP contribution is -2.14. The molecule has 5 heterocycles. The number of nitrogen functional groups attached to an aromatic ring is 1. The van der Waals surface area contributed by atoms with Crippen molar-refractivity contribution in [3.05, 3.63) is 105 Å². The minimum atomic E-state index is -0.536. The van der Waals surface area contributed by atoms with Crippen LogP contribution in [0.3, 0.4) is 0 Å². The van der Waals surface area contributed by atoms with E-state index < -0.39 is 9.85 Å². The monoisotopic (exact) mass is 806 g/mol. The molecule has 9 rings (SSSR count). The van der Waals surface area contributed by atoms with Crippen LogP contribution in [0.4, 0.5) is 28.4 Å². The average molecular weight is 807 g/mol. The molecule has 314 valence electrons. The van der Waals surface area contributed by atoms with E-state index in [1.807, 2.05) is 16.7 Å². The Balaban J connectivity index is 0.000000192. The zero-order chi connectivity index (χ0) is 42.5. The molecule has 0 saturated heterocycles. The maximum atomic E-state index is 11.5. The summed E-state index contributed by atoms with van der Waals surface area (Å²) in [6, 6.07) is 8.94. The quantitative estimate of drug-likeness (QED) is 0.0804. The molecule has 0 unspecified atom stereocenters. The van der Waals surface area contributed by atoms with Crippen molar-refractivity contribution in [1.29, 1.82) is 0 Å². The summed E-state index contributed by atoms with van der Waals surface area (Å²) in [5.74, 6) is 0.227. The van der Waals surface area contributed by atoms with Gasteiger partial charge in [0.05, 0.1) is 51.8 Å². The number of fused-ring (bicyclic) bond motifs is 1.